The second kappa shape index (κ2) is 7.23. The average Bonchev–Trinajstić information content (AvgIpc) is 3.26. The fourth-order valence-corrected chi connectivity index (χ4v) is 2.49. The first-order chi connectivity index (χ1) is 11.2. The van der Waals surface area contributed by atoms with Gasteiger partial charge in [0.1, 0.15) is 6.10 Å². The molecule has 0 saturated heterocycles. The Hall–Kier alpha value is -2.41. The van der Waals surface area contributed by atoms with E-state index in [1.165, 1.54) is 11.3 Å². The van der Waals surface area contributed by atoms with Crippen LogP contribution in [-0.2, 0) is 16.2 Å². The second-order valence-corrected chi connectivity index (χ2v) is 6.05. The Kier molecular flexibility index (Phi) is 4.87. The molecule has 0 bridgehead atoms. The molecule has 1 aliphatic carbocycles. The van der Waals surface area contributed by atoms with Gasteiger partial charge in [-0.15, -0.1) is 11.3 Å². The number of hydrogen-bond acceptors (Lipinski definition) is 6. The third-order valence-corrected chi connectivity index (χ3v) is 3.97. The van der Waals surface area contributed by atoms with Crippen molar-refractivity contribution in [2.45, 2.75) is 32.5 Å². The number of rotatable bonds is 6. The van der Waals surface area contributed by atoms with E-state index in [4.69, 9.17) is 9.57 Å². The van der Waals surface area contributed by atoms with Gasteiger partial charge in [-0.1, -0.05) is 35.5 Å². The topological polar surface area (TPSA) is 72.8 Å². The van der Waals surface area contributed by atoms with Gasteiger partial charge in [-0.3, -0.25) is 5.32 Å². The predicted octanol–water partition coefficient (Wildman–Crippen LogP) is 3.79. The van der Waals surface area contributed by atoms with Gasteiger partial charge in [-0.05, 0) is 25.3 Å². The van der Waals surface area contributed by atoms with E-state index in [9.17, 15) is 4.79 Å². The van der Waals surface area contributed by atoms with Crippen molar-refractivity contribution in [3.05, 3.63) is 47.0 Å². The molecule has 1 N–H and O–H groups in total. The maximum atomic E-state index is 11.5. The number of aromatic nitrogens is 1. The molecular weight excluding hydrogens is 314 g/mol. The van der Waals surface area contributed by atoms with Crippen molar-refractivity contribution in [2.24, 2.45) is 5.16 Å². The van der Waals surface area contributed by atoms with Gasteiger partial charge < -0.3 is 9.57 Å². The molecule has 0 aliphatic heterocycles. The van der Waals surface area contributed by atoms with Gasteiger partial charge in [0.05, 0.1) is 11.4 Å². The summed E-state index contributed by atoms with van der Waals surface area (Å²) >= 11 is 1.33. The molecule has 1 aliphatic rings. The third kappa shape index (κ3) is 4.79. The quantitative estimate of drug-likeness (QED) is 0.645. The number of ether oxygens (including phenoxy) is 1. The van der Waals surface area contributed by atoms with Gasteiger partial charge in [0, 0.05) is 5.38 Å². The minimum atomic E-state index is -0.452. The van der Waals surface area contributed by atoms with E-state index < -0.39 is 6.09 Å². The number of benzene rings is 1. The fourth-order valence-electron chi connectivity index (χ4n) is 1.81. The van der Waals surface area contributed by atoms with E-state index in [-0.39, 0.29) is 12.7 Å². The largest absolute Gasteiger partial charge is 0.446 e. The van der Waals surface area contributed by atoms with Crippen LogP contribution in [0.25, 0.3) is 0 Å². The van der Waals surface area contributed by atoms with Gasteiger partial charge >= 0.3 is 6.09 Å². The number of anilines is 1. The van der Waals surface area contributed by atoms with Crippen molar-refractivity contribution in [1.82, 2.24) is 4.98 Å². The van der Waals surface area contributed by atoms with Gasteiger partial charge in [0.15, 0.2) is 11.7 Å². The van der Waals surface area contributed by atoms with Crippen molar-refractivity contribution in [1.29, 1.82) is 0 Å². The monoisotopic (exact) mass is 331 g/mol. The van der Waals surface area contributed by atoms with E-state index in [1.807, 2.05) is 42.6 Å². The Morgan fingerprint density at radius 1 is 1.39 bits per heavy atom. The summed E-state index contributed by atoms with van der Waals surface area (Å²) in [4.78, 5) is 21.1. The molecule has 1 saturated carbocycles. The SMILES string of the molecule is C/C(=N\OCc1csc(NC(=O)OC2CC2)n1)c1ccccc1. The van der Waals surface area contributed by atoms with Gasteiger partial charge in [-0.25, -0.2) is 9.78 Å². The number of oxime groups is 1. The number of amides is 1. The number of nitrogens with one attached hydrogen (secondary N) is 1. The lowest BCUT2D eigenvalue weighted by atomic mass is 10.1. The molecule has 1 amide bonds. The highest BCUT2D eigenvalue weighted by molar-refractivity contribution is 7.13. The summed E-state index contributed by atoms with van der Waals surface area (Å²) in [6.07, 6.45) is 1.52. The normalized spacial score (nSPS) is 14.4. The van der Waals surface area contributed by atoms with Crippen LogP contribution < -0.4 is 5.32 Å². The van der Waals surface area contributed by atoms with Crippen molar-refractivity contribution >= 4 is 28.3 Å². The molecule has 6 nitrogen and oxygen atoms in total. The Labute approximate surface area is 138 Å². The molecule has 120 valence electrons. The first-order valence-corrected chi connectivity index (χ1v) is 8.22. The van der Waals surface area contributed by atoms with Crippen LogP contribution in [0.1, 0.15) is 31.0 Å². The van der Waals surface area contributed by atoms with Crippen LogP contribution in [0.4, 0.5) is 9.93 Å². The van der Waals surface area contributed by atoms with Crippen LogP contribution in [0.2, 0.25) is 0 Å². The number of thiazole rings is 1. The zero-order chi connectivity index (χ0) is 16.1. The highest BCUT2D eigenvalue weighted by Crippen LogP contribution is 2.24. The molecule has 0 radical (unpaired) electrons. The Morgan fingerprint density at radius 3 is 2.91 bits per heavy atom. The molecule has 1 aromatic carbocycles. The molecule has 0 atom stereocenters. The molecule has 1 heterocycles. The lowest BCUT2D eigenvalue weighted by molar-refractivity contribution is 0.128. The van der Waals surface area contributed by atoms with Gasteiger partial charge in [0.25, 0.3) is 0 Å². The van der Waals surface area contributed by atoms with Crippen LogP contribution in [0.5, 0.6) is 0 Å². The maximum Gasteiger partial charge on any atom is 0.413 e. The summed E-state index contributed by atoms with van der Waals surface area (Å²) in [6, 6.07) is 9.80. The van der Waals surface area contributed by atoms with E-state index in [1.54, 1.807) is 0 Å². The van der Waals surface area contributed by atoms with Crippen molar-refractivity contribution in [2.75, 3.05) is 5.32 Å². The number of carbonyl (C=O) groups is 1. The summed E-state index contributed by atoms with van der Waals surface area (Å²) in [5.74, 6) is 0. The lowest BCUT2D eigenvalue weighted by Crippen LogP contribution is -2.14. The van der Waals surface area contributed by atoms with Crippen LogP contribution in [0, 0.1) is 0 Å². The number of hydrogen-bond donors (Lipinski definition) is 1. The molecule has 7 heteroatoms. The van der Waals surface area contributed by atoms with Crippen LogP contribution >= 0.6 is 11.3 Å². The predicted molar refractivity (Wildman–Crippen MR) is 88.7 cm³/mol. The molecular formula is C16H17N3O3S. The summed E-state index contributed by atoms with van der Waals surface area (Å²) in [5, 5.41) is 9.01. The Balaban J connectivity index is 1.48. The van der Waals surface area contributed by atoms with Crippen molar-refractivity contribution in [3.63, 3.8) is 0 Å². The zero-order valence-electron chi connectivity index (χ0n) is 12.7. The third-order valence-electron chi connectivity index (χ3n) is 3.16. The minimum absolute atomic E-state index is 0.0769. The van der Waals surface area contributed by atoms with E-state index in [2.05, 4.69) is 15.5 Å². The molecule has 3 rings (SSSR count). The summed E-state index contributed by atoms with van der Waals surface area (Å²) in [6.45, 7) is 2.14. The van der Waals surface area contributed by atoms with Crippen molar-refractivity contribution in [3.8, 4) is 0 Å². The molecule has 0 unspecified atom stereocenters. The van der Waals surface area contributed by atoms with Gasteiger partial charge in [0.2, 0.25) is 0 Å². The maximum absolute atomic E-state index is 11.5. The summed E-state index contributed by atoms with van der Waals surface area (Å²) in [7, 11) is 0. The minimum Gasteiger partial charge on any atom is -0.446 e. The molecule has 2 aromatic rings. The molecule has 1 fully saturated rings. The zero-order valence-corrected chi connectivity index (χ0v) is 13.5. The van der Waals surface area contributed by atoms with Crippen LogP contribution in [0.3, 0.4) is 0 Å². The summed E-state index contributed by atoms with van der Waals surface area (Å²) in [5.41, 5.74) is 2.52. The Morgan fingerprint density at radius 2 is 2.17 bits per heavy atom. The first-order valence-electron chi connectivity index (χ1n) is 7.35. The molecule has 0 spiro atoms. The fraction of sp³-hybridized carbons (Fsp3) is 0.312. The standard InChI is InChI=1S/C16H17N3O3S/c1-11(12-5-3-2-4-6-12)19-21-9-13-10-23-15(17-13)18-16(20)22-14-7-8-14/h2-6,10,14H,7-9H2,1H3,(H,17,18,20)/b19-11+. The van der Waals surface area contributed by atoms with Crippen molar-refractivity contribution < 1.29 is 14.4 Å². The highest BCUT2D eigenvalue weighted by atomic mass is 32.1. The first kappa shape index (κ1) is 15.5. The van der Waals surface area contributed by atoms with E-state index in [0.717, 1.165) is 24.1 Å². The smallest absolute Gasteiger partial charge is 0.413 e. The van der Waals surface area contributed by atoms with Crippen LogP contribution in [-0.4, -0.2) is 22.9 Å². The number of carbonyl (C=O) groups excluding carboxylic acids is 1. The average molecular weight is 331 g/mol. The molecule has 1 aromatic heterocycles. The summed E-state index contributed by atoms with van der Waals surface area (Å²) < 4.78 is 5.10. The Bertz CT molecular complexity index is 696. The lowest BCUT2D eigenvalue weighted by Gasteiger charge is -2.02. The number of nitrogens with zero attached hydrogens (tertiary/aromatic N) is 2. The highest BCUT2D eigenvalue weighted by Gasteiger charge is 2.26. The van der Waals surface area contributed by atoms with Gasteiger partial charge in [-0.2, -0.15) is 0 Å². The van der Waals surface area contributed by atoms with E-state index >= 15 is 0 Å². The van der Waals surface area contributed by atoms with Crippen LogP contribution in [0.15, 0.2) is 40.9 Å². The second-order valence-electron chi connectivity index (χ2n) is 5.19. The molecule has 23 heavy (non-hydrogen) atoms. The van der Waals surface area contributed by atoms with E-state index in [0.29, 0.717) is 10.8 Å².